The van der Waals surface area contributed by atoms with Crippen LogP contribution in [0.2, 0.25) is 0 Å². The third-order valence-corrected chi connectivity index (χ3v) is 3.67. The lowest BCUT2D eigenvalue weighted by Crippen LogP contribution is -2.05. The van der Waals surface area contributed by atoms with E-state index in [0.717, 1.165) is 5.39 Å². The van der Waals surface area contributed by atoms with E-state index >= 15 is 0 Å². The van der Waals surface area contributed by atoms with Crippen molar-refractivity contribution in [3.8, 4) is 0 Å². The Hall–Kier alpha value is -2.79. The molecule has 2 aromatic carbocycles. The molecule has 0 saturated heterocycles. The van der Waals surface area contributed by atoms with Gasteiger partial charge in [-0.1, -0.05) is 30.3 Å². The van der Waals surface area contributed by atoms with Gasteiger partial charge < -0.3 is 5.11 Å². The van der Waals surface area contributed by atoms with Gasteiger partial charge in [0, 0.05) is 24.4 Å². The molecular formula is C17H14N2O3. The largest absolute Gasteiger partial charge is 0.388 e. The number of nitrogens with zero attached hydrogens (tertiary/aromatic N) is 2. The molecule has 22 heavy (non-hydrogen) atoms. The summed E-state index contributed by atoms with van der Waals surface area (Å²) < 4.78 is 0. The van der Waals surface area contributed by atoms with Crippen molar-refractivity contribution in [3.05, 3.63) is 82.2 Å². The molecule has 0 spiro atoms. The molecule has 1 atom stereocenters. The summed E-state index contributed by atoms with van der Waals surface area (Å²) in [4.78, 5) is 15.0. The first-order chi connectivity index (χ1) is 10.7. The molecule has 3 rings (SSSR count). The van der Waals surface area contributed by atoms with Crippen molar-refractivity contribution in [2.24, 2.45) is 0 Å². The molecule has 0 radical (unpaired) electrons. The molecule has 0 fully saturated rings. The highest BCUT2D eigenvalue weighted by Crippen LogP contribution is 2.32. The number of benzene rings is 2. The number of rotatable bonds is 4. The molecule has 0 bridgehead atoms. The molecule has 0 saturated carbocycles. The summed E-state index contributed by atoms with van der Waals surface area (Å²) >= 11 is 0. The van der Waals surface area contributed by atoms with Crippen LogP contribution >= 0.6 is 0 Å². The SMILES string of the molecule is O=[N+]([O-])c1c(CC(O)c2ccncc2)ccc2ccccc12. The average molecular weight is 294 g/mol. The van der Waals surface area contributed by atoms with E-state index in [2.05, 4.69) is 4.98 Å². The third-order valence-electron chi connectivity index (χ3n) is 3.67. The number of pyridine rings is 1. The summed E-state index contributed by atoms with van der Waals surface area (Å²) in [6.45, 7) is 0. The van der Waals surface area contributed by atoms with Gasteiger partial charge in [-0.05, 0) is 29.1 Å². The van der Waals surface area contributed by atoms with Gasteiger partial charge in [0.05, 0.1) is 16.4 Å². The molecule has 110 valence electrons. The van der Waals surface area contributed by atoms with Crippen molar-refractivity contribution in [1.29, 1.82) is 0 Å². The zero-order valence-electron chi connectivity index (χ0n) is 11.7. The molecule has 0 aliphatic heterocycles. The number of fused-ring (bicyclic) bond motifs is 1. The number of aliphatic hydroxyl groups is 1. The van der Waals surface area contributed by atoms with Crippen LogP contribution in [0.3, 0.4) is 0 Å². The van der Waals surface area contributed by atoms with E-state index in [1.807, 2.05) is 18.2 Å². The van der Waals surface area contributed by atoms with Crippen LogP contribution < -0.4 is 0 Å². The average Bonchev–Trinajstić information content (AvgIpc) is 2.55. The van der Waals surface area contributed by atoms with E-state index in [1.54, 1.807) is 42.7 Å². The highest BCUT2D eigenvalue weighted by molar-refractivity contribution is 5.92. The van der Waals surface area contributed by atoms with Crippen molar-refractivity contribution in [1.82, 2.24) is 4.98 Å². The molecule has 3 aromatic rings. The Morgan fingerprint density at radius 1 is 1.09 bits per heavy atom. The first-order valence-corrected chi connectivity index (χ1v) is 6.90. The Morgan fingerprint density at radius 3 is 2.55 bits per heavy atom. The van der Waals surface area contributed by atoms with E-state index in [4.69, 9.17) is 0 Å². The quantitative estimate of drug-likeness (QED) is 0.591. The molecular weight excluding hydrogens is 280 g/mol. The summed E-state index contributed by atoms with van der Waals surface area (Å²) in [5.74, 6) is 0. The third kappa shape index (κ3) is 2.66. The van der Waals surface area contributed by atoms with Crippen molar-refractivity contribution < 1.29 is 10.0 Å². The fourth-order valence-corrected chi connectivity index (χ4v) is 2.59. The van der Waals surface area contributed by atoms with Crippen LogP contribution in [0.4, 0.5) is 5.69 Å². The van der Waals surface area contributed by atoms with E-state index in [1.165, 1.54) is 0 Å². The zero-order chi connectivity index (χ0) is 15.5. The van der Waals surface area contributed by atoms with Crippen LogP contribution in [-0.2, 0) is 6.42 Å². The molecule has 5 nitrogen and oxygen atoms in total. The Bertz CT molecular complexity index is 819. The van der Waals surface area contributed by atoms with Gasteiger partial charge in [-0.25, -0.2) is 0 Å². The second-order valence-electron chi connectivity index (χ2n) is 5.05. The summed E-state index contributed by atoms with van der Waals surface area (Å²) in [5, 5.41) is 23.2. The number of nitro groups is 1. The van der Waals surface area contributed by atoms with E-state index < -0.39 is 6.10 Å². The van der Waals surface area contributed by atoms with Crippen LogP contribution in [0.15, 0.2) is 60.9 Å². The van der Waals surface area contributed by atoms with Gasteiger partial charge in [0.25, 0.3) is 5.69 Å². The minimum absolute atomic E-state index is 0.0613. The predicted molar refractivity (Wildman–Crippen MR) is 83.5 cm³/mol. The first kappa shape index (κ1) is 14.2. The van der Waals surface area contributed by atoms with Crippen molar-refractivity contribution in [3.63, 3.8) is 0 Å². The molecule has 1 aromatic heterocycles. The van der Waals surface area contributed by atoms with E-state index in [9.17, 15) is 15.2 Å². The highest BCUT2D eigenvalue weighted by atomic mass is 16.6. The first-order valence-electron chi connectivity index (χ1n) is 6.90. The second-order valence-corrected chi connectivity index (χ2v) is 5.05. The topological polar surface area (TPSA) is 76.3 Å². The minimum Gasteiger partial charge on any atom is -0.388 e. The molecule has 1 N–H and O–H groups in total. The summed E-state index contributed by atoms with van der Waals surface area (Å²) in [5.41, 5.74) is 1.27. The molecule has 5 heteroatoms. The summed E-state index contributed by atoms with van der Waals surface area (Å²) in [7, 11) is 0. The van der Waals surface area contributed by atoms with E-state index in [0.29, 0.717) is 16.5 Å². The lowest BCUT2D eigenvalue weighted by molar-refractivity contribution is -0.383. The maximum atomic E-state index is 11.5. The van der Waals surface area contributed by atoms with Gasteiger partial charge in [0.15, 0.2) is 0 Å². The smallest absolute Gasteiger partial charge is 0.280 e. The Balaban J connectivity index is 2.04. The number of aromatic nitrogens is 1. The van der Waals surface area contributed by atoms with Gasteiger partial charge in [0.2, 0.25) is 0 Å². The fourth-order valence-electron chi connectivity index (χ4n) is 2.59. The van der Waals surface area contributed by atoms with Crippen molar-refractivity contribution >= 4 is 16.5 Å². The Labute approximate surface area is 127 Å². The van der Waals surface area contributed by atoms with Crippen LogP contribution in [-0.4, -0.2) is 15.0 Å². The maximum absolute atomic E-state index is 11.5. The fraction of sp³-hybridized carbons (Fsp3) is 0.118. The van der Waals surface area contributed by atoms with Crippen molar-refractivity contribution in [2.45, 2.75) is 12.5 Å². The Kier molecular flexibility index (Phi) is 3.80. The molecule has 0 amide bonds. The lowest BCUT2D eigenvalue weighted by atomic mass is 9.97. The van der Waals surface area contributed by atoms with Crippen LogP contribution in [0.5, 0.6) is 0 Å². The minimum atomic E-state index is -0.803. The van der Waals surface area contributed by atoms with Gasteiger partial charge in [-0.2, -0.15) is 0 Å². The zero-order valence-corrected chi connectivity index (χ0v) is 11.7. The molecule has 0 aliphatic rings. The normalized spacial score (nSPS) is 12.2. The van der Waals surface area contributed by atoms with Gasteiger partial charge in [-0.3, -0.25) is 15.1 Å². The summed E-state index contributed by atoms with van der Waals surface area (Å²) in [6.07, 6.45) is 2.56. The van der Waals surface area contributed by atoms with Gasteiger partial charge in [0.1, 0.15) is 0 Å². The van der Waals surface area contributed by atoms with Gasteiger partial charge in [-0.15, -0.1) is 0 Å². The molecule has 1 unspecified atom stereocenters. The molecule has 1 heterocycles. The van der Waals surface area contributed by atoms with Crippen LogP contribution in [0, 0.1) is 10.1 Å². The number of nitro benzene ring substituents is 1. The standard InChI is InChI=1S/C17H14N2O3/c20-16(13-7-9-18-10-8-13)11-14-6-5-12-3-1-2-4-15(12)17(14)19(21)22/h1-10,16,20H,11H2. The number of aliphatic hydroxyl groups excluding tert-OH is 1. The monoisotopic (exact) mass is 294 g/mol. The van der Waals surface area contributed by atoms with Crippen LogP contribution in [0.25, 0.3) is 10.8 Å². The molecule has 0 aliphatic carbocycles. The van der Waals surface area contributed by atoms with Gasteiger partial charge >= 0.3 is 0 Å². The van der Waals surface area contributed by atoms with Crippen LogP contribution in [0.1, 0.15) is 17.2 Å². The lowest BCUT2D eigenvalue weighted by Gasteiger charge is -2.12. The second kappa shape index (κ2) is 5.91. The maximum Gasteiger partial charge on any atom is 0.280 e. The predicted octanol–water partition coefficient (Wildman–Crippen LogP) is 3.42. The highest BCUT2D eigenvalue weighted by Gasteiger charge is 2.20. The Morgan fingerprint density at radius 2 is 1.82 bits per heavy atom. The number of hydrogen-bond donors (Lipinski definition) is 1. The number of hydrogen-bond acceptors (Lipinski definition) is 4. The van der Waals surface area contributed by atoms with E-state index in [-0.39, 0.29) is 17.0 Å². The van der Waals surface area contributed by atoms with Crippen molar-refractivity contribution in [2.75, 3.05) is 0 Å². The summed E-state index contributed by atoms with van der Waals surface area (Å²) in [6, 6.07) is 14.2.